The van der Waals surface area contributed by atoms with E-state index in [1.807, 2.05) is 0 Å². The van der Waals surface area contributed by atoms with Crippen LogP contribution in [0.4, 0.5) is 0 Å². The first-order chi connectivity index (χ1) is 9.54. The molecule has 1 atom stereocenters. The molecule has 0 spiro atoms. The van der Waals surface area contributed by atoms with Crippen molar-refractivity contribution in [3.05, 3.63) is 0 Å². The van der Waals surface area contributed by atoms with Gasteiger partial charge in [0.1, 0.15) is 0 Å². The fourth-order valence-electron chi connectivity index (χ4n) is 2.61. The summed E-state index contributed by atoms with van der Waals surface area (Å²) in [6, 6.07) is 0. The molecule has 6 nitrogen and oxygen atoms in total. The van der Waals surface area contributed by atoms with Crippen molar-refractivity contribution in [3.63, 3.8) is 0 Å². The molecule has 108 valence electrons. The first-order valence-electron chi connectivity index (χ1n) is 6.92. The lowest BCUT2D eigenvalue weighted by molar-refractivity contribution is -0.138. The number of nitrogens with zero attached hydrogens (tertiary/aromatic N) is 3. The molecule has 0 saturated carbocycles. The predicted molar refractivity (Wildman–Crippen MR) is 71.8 cm³/mol. The third-order valence-corrected chi connectivity index (χ3v) is 3.89. The Kier molecular flexibility index (Phi) is 4.38. The number of carbonyl (C=O) groups excluding carboxylic acids is 1. The summed E-state index contributed by atoms with van der Waals surface area (Å²) >= 11 is 0. The third-order valence-electron chi connectivity index (χ3n) is 3.89. The molecule has 6 heteroatoms. The van der Waals surface area contributed by atoms with E-state index >= 15 is 0 Å². The molecule has 20 heavy (non-hydrogen) atoms. The van der Waals surface area contributed by atoms with E-state index in [2.05, 4.69) is 16.1 Å². The maximum Gasteiger partial charge on any atom is 0.303 e. The normalized spacial score (nSPS) is 22.6. The van der Waals surface area contributed by atoms with Crippen molar-refractivity contribution in [1.29, 1.82) is 0 Å². The van der Waals surface area contributed by atoms with Gasteiger partial charge in [-0.15, -0.1) is 12.3 Å². The zero-order chi connectivity index (χ0) is 14.6. The molecule has 1 fully saturated rings. The van der Waals surface area contributed by atoms with Crippen LogP contribution in [0.3, 0.4) is 0 Å². The molecule has 0 radical (unpaired) electrons. The lowest BCUT2D eigenvalue weighted by Gasteiger charge is -2.17. The largest absolute Gasteiger partial charge is 0.481 e. The molecule has 1 unspecified atom stereocenters. The zero-order valence-electron chi connectivity index (χ0n) is 11.4. The Labute approximate surface area is 118 Å². The monoisotopic (exact) mass is 277 g/mol. The fourth-order valence-corrected chi connectivity index (χ4v) is 2.61. The lowest BCUT2D eigenvalue weighted by Crippen LogP contribution is -2.30. The molecule has 2 aliphatic heterocycles. The van der Waals surface area contributed by atoms with Gasteiger partial charge in [0.05, 0.1) is 0 Å². The number of carboxylic acids is 1. The number of rotatable bonds is 7. The van der Waals surface area contributed by atoms with E-state index in [4.69, 9.17) is 11.5 Å². The van der Waals surface area contributed by atoms with Gasteiger partial charge in [-0.1, -0.05) is 0 Å². The Morgan fingerprint density at radius 2 is 2.15 bits per heavy atom. The molecular formula is C14H19N3O3. The summed E-state index contributed by atoms with van der Waals surface area (Å²) in [6.07, 6.45) is 8.46. The average molecular weight is 277 g/mol. The highest BCUT2D eigenvalue weighted by Crippen LogP contribution is 2.37. The Hall–Kier alpha value is -1.90. The van der Waals surface area contributed by atoms with E-state index in [-0.39, 0.29) is 18.2 Å². The maximum atomic E-state index is 12.1. The standard InChI is InChI=1S/C14H19N3O3/c1-2-3-6-14(15-16-14)7-4-12(18)17-8-5-11(10-17)9-13(19)20/h1,11H,3-10H2,(H,19,20). The van der Waals surface area contributed by atoms with Crippen LogP contribution in [0.1, 0.15) is 38.5 Å². The number of hydrogen-bond donors (Lipinski definition) is 1. The minimum Gasteiger partial charge on any atom is -0.481 e. The van der Waals surface area contributed by atoms with E-state index in [0.29, 0.717) is 38.8 Å². The van der Waals surface area contributed by atoms with Crippen molar-refractivity contribution in [2.24, 2.45) is 16.1 Å². The predicted octanol–water partition coefficient (Wildman–Crippen LogP) is 1.67. The van der Waals surface area contributed by atoms with Gasteiger partial charge in [0.15, 0.2) is 5.66 Å². The quantitative estimate of drug-likeness (QED) is 0.718. The molecule has 2 rings (SSSR count). The van der Waals surface area contributed by atoms with E-state index in [1.54, 1.807) is 4.90 Å². The van der Waals surface area contributed by atoms with Crippen molar-refractivity contribution >= 4 is 11.9 Å². The van der Waals surface area contributed by atoms with Gasteiger partial charge in [0, 0.05) is 45.2 Å². The van der Waals surface area contributed by atoms with Crippen LogP contribution < -0.4 is 0 Å². The third kappa shape index (κ3) is 3.80. The van der Waals surface area contributed by atoms with Crippen molar-refractivity contribution in [2.45, 2.75) is 44.2 Å². The van der Waals surface area contributed by atoms with Gasteiger partial charge in [0.25, 0.3) is 0 Å². The van der Waals surface area contributed by atoms with Gasteiger partial charge < -0.3 is 10.0 Å². The topological polar surface area (TPSA) is 82.3 Å². The minimum atomic E-state index is -0.798. The first-order valence-corrected chi connectivity index (χ1v) is 6.92. The second-order valence-corrected chi connectivity index (χ2v) is 5.48. The molecule has 2 aliphatic rings. The maximum absolute atomic E-state index is 12.1. The average Bonchev–Trinajstić information content (AvgIpc) is 3.04. The first kappa shape index (κ1) is 14.5. The summed E-state index contributed by atoms with van der Waals surface area (Å²) in [5.74, 6) is 1.91. The van der Waals surface area contributed by atoms with E-state index in [9.17, 15) is 9.59 Å². The summed E-state index contributed by atoms with van der Waals surface area (Å²) < 4.78 is 0. The van der Waals surface area contributed by atoms with E-state index in [1.165, 1.54) is 0 Å². The lowest BCUT2D eigenvalue weighted by atomic mass is 10.0. The Morgan fingerprint density at radius 3 is 2.75 bits per heavy atom. The van der Waals surface area contributed by atoms with Crippen LogP contribution >= 0.6 is 0 Å². The van der Waals surface area contributed by atoms with E-state index in [0.717, 1.165) is 6.42 Å². The Morgan fingerprint density at radius 1 is 1.40 bits per heavy atom. The number of terminal acetylenes is 1. The molecule has 2 heterocycles. The van der Waals surface area contributed by atoms with Crippen molar-refractivity contribution < 1.29 is 14.7 Å². The van der Waals surface area contributed by atoms with Crippen LogP contribution in [0.15, 0.2) is 10.2 Å². The Bertz CT molecular complexity index is 461. The molecule has 1 N–H and O–H groups in total. The van der Waals surface area contributed by atoms with Crippen molar-refractivity contribution in [2.75, 3.05) is 13.1 Å². The van der Waals surface area contributed by atoms with Gasteiger partial charge >= 0.3 is 5.97 Å². The summed E-state index contributed by atoms with van der Waals surface area (Å²) in [7, 11) is 0. The van der Waals surface area contributed by atoms with Crippen molar-refractivity contribution in [1.82, 2.24) is 4.90 Å². The molecule has 0 aliphatic carbocycles. The van der Waals surface area contributed by atoms with Gasteiger partial charge in [-0.2, -0.15) is 10.2 Å². The summed E-state index contributed by atoms with van der Waals surface area (Å²) in [4.78, 5) is 24.5. The molecule has 0 aromatic rings. The van der Waals surface area contributed by atoms with Crippen LogP contribution in [0.2, 0.25) is 0 Å². The van der Waals surface area contributed by atoms with Crippen molar-refractivity contribution in [3.8, 4) is 12.3 Å². The molecule has 1 saturated heterocycles. The summed E-state index contributed by atoms with van der Waals surface area (Å²) in [5, 5.41) is 16.8. The van der Waals surface area contributed by atoms with E-state index < -0.39 is 11.6 Å². The second kappa shape index (κ2) is 6.04. The minimum absolute atomic E-state index is 0.0651. The fraction of sp³-hybridized carbons (Fsp3) is 0.714. The number of aliphatic carboxylic acids is 1. The highest BCUT2D eigenvalue weighted by Gasteiger charge is 2.40. The Balaban J connectivity index is 1.71. The number of carbonyl (C=O) groups is 2. The van der Waals surface area contributed by atoms with Crippen LogP contribution in [0, 0.1) is 18.3 Å². The SMILES string of the molecule is C#CCCC1(CCC(=O)N2CCC(CC(=O)O)C2)N=N1. The van der Waals surface area contributed by atoms with Crippen LogP contribution in [0.5, 0.6) is 0 Å². The number of amides is 1. The van der Waals surface area contributed by atoms with Gasteiger partial charge in [-0.3, -0.25) is 9.59 Å². The van der Waals surface area contributed by atoms with Crippen LogP contribution in [-0.2, 0) is 9.59 Å². The molecule has 1 amide bonds. The summed E-state index contributed by atoms with van der Waals surface area (Å²) in [6.45, 7) is 1.21. The molecular weight excluding hydrogens is 258 g/mol. The number of hydrogen-bond acceptors (Lipinski definition) is 4. The highest BCUT2D eigenvalue weighted by atomic mass is 16.4. The van der Waals surface area contributed by atoms with Gasteiger partial charge in [-0.25, -0.2) is 0 Å². The summed E-state index contributed by atoms with van der Waals surface area (Å²) in [5.41, 5.74) is -0.414. The van der Waals surface area contributed by atoms with Crippen LogP contribution in [-0.4, -0.2) is 40.6 Å². The number of carboxylic acid groups (broad SMARTS) is 1. The van der Waals surface area contributed by atoms with Gasteiger partial charge in [0.2, 0.25) is 5.91 Å². The zero-order valence-corrected chi connectivity index (χ0v) is 11.4. The molecule has 0 aromatic carbocycles. The molecule has 0 aromatic heterocycles. The highest BCUT2D eigenvalue weighted by molar-refractivity contribution is 5.76. The van der Waals surface area contributed by atoms with Crippen LogP contribution in [0.25, 0.3) is 0 Å². The number of likely N-dealkylation sites (tertiary alicyclic amines) is 1. The molecule has 0 bridgehead atoms. The van der Waals surface area contributed by atoms with Gasteiger partial charge in [-0.05, 0) is 12.3 Å². The second-order valence-electron chi connectivity index (χ2n) is 5.48. The smallest absolute Gasteiger partial charge is 0.303 e.